The highest BCUT2D eigenvalue weighted by Crippen LogP contribution is 2.24. The van der Waals surface area contributed by atoms with Crippen molar-refractivity contribution in [1.82, 2.24) is 15.5 Å². The van der Waals surface area contributed by atoms with Gasteiger partial charge in [-0.2, -0.15) is 0 Å². The van der Waals surface area contributed by atoms with E-state index in [-0.39, 0.29) is 17.9 Å². The number of imide groups is 1. The van der Waals surface area contributed by atoms with E-state index in [0.29, 0.717) is 19.4 Å². The number of likely N-dealkylation sites (tertiary alicyclic amines) is 1. The summed E-state index contributed by atoms with van der Waals surface area (Å²) in [6, 6.07) is -0.993. The average molecular weight is 271 g/mol. The molecule has 108 valence electrons. The number of carbonyl (C=O) groups is 3. The van der Waals surface area contributed by atoms with Gasteiger partial charge in [-0.05, 0) is 26.7 Å². The Bertz CT molecular complexity index is 372. The molecule has 1 fully saturated rings. The van der Waals surface area contributed by atoms with Gasteiger partial charge in [-0.1, -0.05) is 0 Å². The van der Waals surface area contributed by atoms with Crippen LogP contribution in [0.4, 0.5) is 4.79 Å². The van der Waals surface area contributed by atoms with Crippen molar-refractivity contribution in [3.63, 3.8) is 0 Å². The minimum Gasteiger partial charge on any atom is -0.481 e. The largest absolute Gasteiger partial charge is 0.481 e. The molecular weight excluding hydrogens is 250 g/mol. The minimum absolute atomic E-state index is 0.000266. The fraction of sp³-hybridized carbons (Fsp3) is 0.750. The number of rotatable bonds is 3. The van der Waals surface area contributed by atoms with E-state index in [4.69, 9.17) is 5.11 Å². The van der Waals surface area contributed by atoms with Crippen LogP contribution in [0.15, 0.2) is 0 Å². The van der Waals surface area contributed by atoms with Crippen LogP contribution in [0.1, 0.15) is 26.7 Å². The number of carboxylic acids is 1. The van der Waals surface area contributed by atoms with Crippen LogP contribution >= 0.6 is 0 Å². The lowest BCUT2D eigenvalue weighted by Crippen LogP contribution is -2.54. The van der Waals surface area contributed by atoms with E-state index in [1.54, 1.807) is 6.92 Å². The molecule has 1 aliphatic heterocycles. The highest BCUT2D eigenvalue weighted by Gasteiger charge is 2.34. The first-order valence-electron chi connectivity index (χ1n) is 6.38. The van der Waals surface area contributed by atoms with Gasteiger partial charge in [0.15, 0.2) is 0 Å². The maximum atomic E-state index is 11.8. The summed E-state index contributed by atoms with van der Waals surface area (Å²) in [6.07, 6.45) is 1.05. The molecule has 7 nitrogen and oxygen atoms in total. The quantitative estimate of drug-likeness (QED) is 0.672. The van der Waals surface area contributed by atoms with Gasteiger partial charge in [0.05, 0.1) is 12.0 Å². The van der Waals surface area contributed by atoms with Crippen molar-refractivity contribution in [2.24, 2.45) is 5.92 Å². The number of nitrogens with one attached hydrogen (secondary N) is 2. The molecule has 3 N–H and O–H groups in total. The number of carboxylic acid groups (broad SMARTS) is 1. The first-order valence-corrected chi connectivity index (χ1v) is 6.38. The van der Waals surface area contributed by atoms with Crippen LogP contribution < -0.4 is 10.6 Å². The molecule has 1 aliphatic rings. The summed E-state index contributed by atoms with van der Waals surface area (Å²) in [5, 5.41) is 13.5. The number of piperidine rings is 1. The summed E-state index contributed by atoms with van der Waals surface area (Å²) in [5.74, 6) is -1.51. The van der Waals surface area contributed by atoms with Gasteiger partial charge in [0, 0.05) is 19.6 Å². The Morgan fingerprint density at radius 3 is 2.47 bits per heavy atom. The van der Waals surface area contributed by atoms with E-state index < -0.39 is 18.0 Å². The lowest BCUT2D eigenvalue weighted by Gasteiger charge is -2.39. The lowest BCUT2D eigenvalue weighted by atomic mass is 9.90. The van der Waals surface area contributed by atoms with Crippen LogP contribution in [-0.2, 0) is 9.59 Å². The predicted molar refractivity (Wildman–Crippen MR) is 68.6 cm³/mol. The number of hydrogen-bond acceptors (Lipinski definition) is 4. The Morgan fingerprint density at radius 1 is 1.37 bits per heavy atom. The van der Waals surface area contributed by atoms with Gasteiger partial charge < -0.3 is 10.4 Å². The SMILES string of the molecule is CNC(=O)NC(=O)C(C)N1CCC(C(=O)O)CC1C. The summed E-state index contributed by atoms with van der Waals surface area (Å²) in [4.78, 5) is 35.8. The molecule has 0 saturated carbocycles. The van der Waals surface area contributed by atoms with Crippen molar-refractivity contribution in [2.45, 2.75) is 38.8 Å². The molecule has 7 heteroatoms. The van der Waals surface area contributed by atoms with Crippen molar-refractivity contribution >= 4 is 17.9 Å². The zero-order valence-corrected chi connectivity index (χ0v) is 11.5. The van der Waals surface area contributed by atoms with E-state index in [1.165, 1.54) is 7.05 Å². The topological polar surface area (TPSA) is 98.7 Å². The highest BCUT2D eigenvalue weighted by atomic mass is 16.4. The molecule has 0 aliphatic carbocycles. The van der Waals surface area contributed by atoms with Gasteiger partial charge in [-0.25, -0.2) is 4.79 Å². The molecule has 1 heterocycles. The molecule has 19 heavy (non-hydrogen) atoms. The molecule has 0 bridgehead atoms. The van der Waals surface area contributed by atoms with Crippen molar-refractivity contribution in [3.05, 3.63) is 0 Å². The number of amides is 3. The first kappa shape index (κ1) is 15.4. The zero-order valence-electron chi connectivity index (χ0n) is 11.5. The molecule has 3 unspecified atom stereocenters. The first-order chi connectivity index (χ1) is 8.86. The monoisotopic (exact) mass is 271 g/mol. The van der Waals surface area contributed by atoms with Crippen LogP contribution in [0.25, 0.3) is 0 Å². The molecule has 0 aromatic carbocycles. The molecule has 0 spiro atoms. The second kappa shape index (κ2) is 6.51. The number of carbonyl (C=O) groups excluding carboxylic acids is 2. The number of hydrogen-bond donors (Lipinski definition) is 3. The fourth-order valence-electron chi connectivity index (χ4n) is 2.42. The Hall–Kier alpha value is -1.63. The molecule has 3 atom stereocenters. The second-order valence-electron chi connectivity index (χ2n) is 4.89. The number of aliphatic carboxylic acids is 1. The predicted octanol–water partition coefficient (Wildman–Crippen LogP) is 0.0156. The summed E-state index contributed by atoms with van der Waals surface area (Å²) in [5.41, 5.74) is 0. The second-order valence-corrected chi connectivity index (χ2v) is 4.89. The number of nitrogens with zero attached hydrogens (tertiary/aromatic N) is 1. The molecule has 0 radical (unpaired) electrons. The molecule has 0 aromatic rings. The van der Waals surface area contributed by atoms with Crippen molar-refractivity contribution in [1.29, 1.82) is 0 Å². The number of urea groups is 1. The van der Waals surface area contributed by atoms with Gasteiger partial charge in [-0.3, -0.25) is 19.8 Å². The maximum absolute atomic E-state index is 11.8. The van der Waals surface area contributed by atoms with Crippen molar-refractivity contribution in [2.75, 3.05) is 13.6 Å². The van der Waals surface area contributed by atoms with Gasteiger partial charge in [0.2, 0.25) is 5.91 Å². The van der Waals surface area contributed by atoms with Gasteiger partial charge in [0.25, 0.3) is 0 Å². The third-order valence-electron chi connectivity index (χ3n) is 3.62. The van der Waals surface area contributed by atoms with E-state index in [1.807, 2.05) is 11.8 Å². The van der Waals surface area contributed by atoms with E-state index in [9.17, 15) is 14.4 Å². The van der Waals surface area contributed by atoms with E-state index >= 15 is 0 Å². The van der Waals surface area contributed by atoms with Crippen LogP contribution in [-0.4, -0.2) is 53.6 Å². The highest BCUT2D eigenvalue weighted by molar-refractivity contribution is 5.96. The summed E-state index contributed by atoms with van der Waals surface area (Å²) >= 11 is 0. The van der Waals surface area contributed by atoms with Gasteiger partial charge >= 0.3 is 12.0 Å². The molecule has 0 aromatic heterocycles. The van der Waals surface area contributed by atoms with E-state index in [0.717, 1.165) is 0 Å². The maximum Gasteiger partial charge on any atom is 0.321 e. The molecular formula is C12H21N3O4. The molecule has 1 saturated heterocycles. The van der Waals surface area contributed by atoms with Crippen LogP contribution in [0.5, 0.6) is 0 Å². The lowest BCUT2D eigenvalue weighted by molar-refractivity contribution is -0.144. The van der Waals surface area contributed by atoms with Gasteiger partial charge in [0.1, 0.15) is 0 Å². The Labute approximate surface area is 112 Å². The fourth-order valence-corrected chi connectivity index (χ4v) is 2.42. The zero-order chi connectivity index (χ0) is 14.6. The van der Waals surface area contributed by atoms with Crippen molar-refractivity contribution in [3.8, 4) is 0 Å². The Balaban J connectivity index is 2.58. The molecule has 3 amide bonds. The average Bonchev–Trinajstić information content (AvgIpc) is 2.37. The summed E-state index contributed by atoms with van der Waals surface area (Å²) in [6.45, 7) is 4.16. The van der Waals surface area contributed by atoms with Gasteiger partial charge in [-0.15, -0.1) is 0 Å². The summed E-state index contributed by atoms with van der Waals surface area (Å²) in [7, 11) is 1.44. The van der Waals surface area contributed by atoms with Crippen LogP contribution in [0.2, 0.25) is 0 Å². The normalized spacial score (nSPS) is 25.4. The Morgan fingerprint density at radius 2 is 2.00 bits per heavy atom. The minimum atomic E-state index is -0.783. The summed E-state index contributed by atoms with van der Waals surface area (Å²) < 4.78 is 0. The van der Waals surface area contributed by atoms with Crippen LogP contribution in [0, 0.1) is 5.92 Å². The van der Waals surface area contributed by atoms with Crippen molar-refractivity contribution < 1.29 is 19.5 Å². The molecule has 1 rings (SSSR count). The third-order valence-corrected chi connectivity index (χ3v) is 3.62. The smallest absolute Gasteiger partial charge is 0.321 e. The third kappa shape index (κ3) is 3.92. The van der Waals surface area contributed by atoms with E-state index in [2.05, 4.69) is 10.6 Å². The van der Waals surface area contributed by atoms with Crippen LogP contribution in [0.3, 0.4) is 0 Å². The standard InChI is InChI=1S/C12H21N3O4/c1-7-6-9(11(17)18)4-5-15(7)8(2)10(16)14-12(19)13-3/h7-9H,4-6H2,1-3H3,(H,17,18)(H2,13,14,16,19). The Kier molecular flexibility index (Phi) is 5.29.